The molecule has 0 aliphatic heterocycles. The van der Waals surface area contributed by atoms with Gasteiger partial charge in [-0.3, -0.25) is 25.2 Å². The number of nitrogens with one attached hydrogen (secondary N) is 2. The molecule has 2 rings (SSSR count). The van der Waals surface area contributed by atoms with Gasteiger partial charge in [0.15, 0.2) is 18.5 Å². The van der Waals surface area contributed by atoms with Crippen LogP contribution in [0.2, 0.25) is 0 Å². The maximum Gasteiger partial charge on any atom is 0.279 e. The Morgan fingerprint density at radius 2 is 1.75 bits per heavy atom. The highest BCUT2D eigenvalue weighted by atomic mass is 79.9. The van der Waals surface area contributed by atoms with Crippen LogP contribution in [-0.4, -0.2) is 30.3 Å². The van der Waals surface area contributed by atoms with Gasteiger partial charge in [0.05, 0.1) is 0 Å². The van der Waals surface area contributed by atoms with E-state index in [0.29, 0.717) is 23.5 Å². The highest BCUT2D eigenvalue weighted by Crippen LogP contribution is 2.18. The summed E-state index contributed by atoms with van der Waals surface area (Å²) in [4.78, 5) is 35.4. The number of hydrazine groups is 1. The van der Waals surface area contributed by atoms with Gasteiger partial charge in [-0.25, -0.2) is 0 Å². The van der Waals surface area contributed by atoms with Gasteiger partial charge in [0, 0.05) is 16.5 Å². The fourth-order valence-electron chi connectivity index (χ4n) is 2.16. The first-order valence-electron chi connectivity index (χ1n) is 8.66. The van der Waals surface area contributed by atoms with Crippen molar-refractivity contribution in [2.75, 3.05) is 6.61 Å². The molecule has 2 N–H and O–H groups in total. The van der Waals surface area contributed by atoms with Crippen molar-refractivity contribution < 1.29 is 23.9 Å². The fraction of sp³-hybridized carbons (Fsp3) is 0.250. The number of hydrogen-bond donors (Lipinski definition) is 2. The zero-order chi connectivity index (χ0) is 20.5. The predicted molar refractivity (Wildman–Crippen MR) is 107 cm³/mol. The largest absolute Gasteiger partial charge is 0.484 e. The molecule has 0 radical (unpaired) electrons. The second-order valence-corrected chi connectivity index (χ2v) is 6.76. The van der Waals surface area contributed by atoms with Crippen LogP contribution < -0.4 is 20.3 Å². The number of halogens is 1. The van der Waals surface area contributed by atoms with E-state index in [1.54, 1.807) is 56.3 Å². The smallest absolute Gasteiger partial charge is 0.279 e. The molecule has 2 amide bonds. The number of rotatable bonds is 8. The summed E-state index contributed by atoms with van der Waals surface area (Å²) in [6.45, 7) is 3.07. The van der Waals surface area contributed by atoms with E-state index in [9.17, 15) is 14.4 Å². The summed E-state index contributed by atoms with van der Waals surface area (Å²) in [5, 5.41) is 0. The lowest BCUT2D eigenvalue weighted by Crippen LogP contribution is -2.48. The first-order valence-corrected chi connectivity index (χ1v) is 9.45. The highest BCUT2D eigenvalue weighted by Gasteiger charge is 2.15. The molecule has 0 aliphatic carbocycles. The Morgan fingerprint density at radius 3 is 2.39 bits per heavy atom. The standard InChI is InChI=1S/C20H21BrN2O5/c1-3-18(24)14-7-9-16(10-8-14)27-12-19(25)22-23-20(26)13(2)28-17-6-4-5-15(21)11-17/h4-11,13H,3,12H2,1-2H3,(H,22,25)(H,23,26). The Balaban J connectivity index is 1.74. The van der Waals surface area contributed by atoms with Crippen molar-refractivity contribution in [1.82, 2.24) is 10.9 Å². The zero-order valence-corrected chi connectivity index (χ0v) is 17.1. The van der Waals surface area contributed by atoms with Gasteiger partial charge < -0.3 is 9.47 Å². The average Bonchev–Trinajstić information content (AvgIpc) is 2.70. The minimum absolute atomic E-state index is 0.0335. The molecule has 0 heterocycles. The van der Waals surface area contributed by atoms with Crippen molar-refractivity contribution in [3.8, 4) is 11.5 Å². The third kappa shape index (κ3) is 6.70. The lowest BCUT2D eigenvalue weighted by atomic mass is 10.1. The highest BCUT2D eigenvalue weighted by molar-refractivity contribution is 9.10. The molecule has 0 saturated carbocycles. The molecule has 0 fully saturated rings. The predicted octanol–water partition coefficient (Wildman–Crippen LogP) is 3.04. The Kier molecular flexibility index (Phi) is 8.01. The molecule has 0 aromatic heterocycles. The van der Waals surface area contributed by atoms with Crippen molar-refractivity contribution in [2.45, 2.75) is 26.4 Å². The van der Waals surface area contributed by atoms with E-state index in [1.807, 2.05) is 6.07 Å². The van der Waals surface area contributed by atoms with Crippen LogP contribution in [0.5, 0.6) is 11.5 Å². The van der Waals surface area contributed by atoms with Gasteiger partial charge in [-0.2, -0.15) is 0 Å². The van der Waals surface area contributed by atoms with Crippen molar-refractivity contribution in [3.63, 3.8) is 0 Å². The number of ether oxygens (including phenoxy) is 2. The summed E-state index contributed by atoms with van der Waals surface area (Å²) in [5.74, 6) is -0.0316. The summed E-state index contributed by atoms with van der Waals surface area (Å²) < 4.78 is 11.7. The maximum atomic E-state index is 12.0. The number of hydrogen-bond acceptors (Lipinski definition) is 5. The van der Waals surface area contributed by atoms with Crippen molar-refractivity contribution in [2.24, 2.45) is 0 Å². The Hall–Kier alpha value is -2.87. The van der Waals surface area contributed by atoms with Gasteiger partial charge in [0.25, 0.3) is 11.8 Å². The first-order chi connectivity index (χ1) is 13.4. The van der Waals surface area contributed by atoms with Gasteiger partial charge >= 0.3 is 0 Å². The van der Waals surface area contributed by atoms with Crippen LogP contribution in [0.1, 0.15) is 30.6 Å². The molecular formula is C20H21BrN2O5. The minimum Gasteiger partial charge on any atom is -0.484 e. The lowest BCUT2D eigenvalue weighted by molar-refractivity contribution is -0.133. The number of ketones is 1. The molecule has 0 spiro atoms. The van der Waals surface area contributed by atoms with Crippen molar-refractivity contribution in [3.05, 3.63) is 58.6 Å². The molecule has 1 unspecified atom stereocenters. The molecule has 0 aliphatic rings. The number of carbonyl (C=O) groups is 3. The molecule has 1 atom stereocenters. The van der Waals surface area contributed by atoms with Crippen LogP contribution in [0, 0.1) is 0 Å². The van der Waals surface area contributed by atoms with Crippen molar-refractivity contribution in [1.29, 1.82) is 0 Å². The molecule has 7 nitrogen and oxygen atoms in total. The lowest BCUT2D eigenvalue weighted by Gasteiger charge is -2.15. The van der Waals surface area contributed by atoms with Crippen molar-refractivity contribution >= 4 is 33.5 Å². The molecular weight excluding hydrogens is 428 g/mol. The minimum atomic E-state index is -0.806. The molecule has 2 aromatic carbocycles. The topological polar surface area (TPSA) is 93.7 Å². The Bertz CT molecular complexity index is 839. The summed E-state index contributed by atoms with van der Waals surface area (Å²) in [5.41, 5.74) is 5.14. The number of Topliss-reactive ketones (excluding diaryl/α,β-unsaturated/α-hetero) is 1. The van der Waals surface area contributed by atoms with Crippen LogP contribution in [0.15, 0.2) is 53.0 Å². The van der Waals surface area contributed by atoms with Gasteiger partial charge in [0.2, 0.25) is 0 Å². The summed E-state index contributed by atoms with van der Waals surface area (Å²) >= 11 is 3.32. The van der Waals surface area contributed by atoms with E-state index in [4.69, 9.17) is 9.47 Å². The third-order valence-corrected chi connectivity index (χ3v) is 4.16. The molecule has 0 bridgehead atoms. The van der Waals surface area contributed by atoms with Crippen LogP contribution in [0.4, 0.5) is 0 Å². The van der Waals surface area contributed by atoms with E-state index in [1.165, 1.54) is 0 Å². The van der Waals surface area contributed by atoms with Crippen LogP contribution in [0.3, 0.4) is 0 Å². The summed E-state index contributed by atoms with van der Waals surface area (Å²) in [6, 6.07) is 13.6. The number of carbonyl (C=O) groups excluding carboxylic acids is 3. The molecule has 148 valence electrons. The van der Waals surface area contributed by atoms with Crippen LogP contribution >= 0.6 is 15.9 Å². The van der Waals surface area contributed by atoms with Gasteiger partial charge in [-0.15, -0.1) is 0 Å². The summed E-state index contributed by atoms with van der Waals surface area (Å²) in [7, 11) is 0. The Labute approximate surface area is 171 Å². The van der Waals surface area contributed by atoms with Gasteiger partial charge in [-0.1, -0.05) is 28.9 Å². The average molecular weight is 449 g/mol. The summed E-state index contributed by atoms with van der Waals surface area (Å²) in [6.07, 6.45) is -0.384. The first kappa shape index (κ1) is 21.4. The second kappa shape index (κ2) is 10.5. The van der Waals surface area contributed by atoms with E-state index in [2.05, 4.69) is 26.8 Å². The van der Waals surface area contributed by atoms with E-state index in [0.717, 1.165) is 4.47 Å². The van der Waals surface area contributed by atoms with E-state index in [-0.39, 0.29) is 12.4 Å². The zero-order valence-electron chi connectivity index (χ0n) is 15.5. The maximum absolute atomic E-state index is 12.0. The monoisotopic (exact) mass is 448 g/mol. The van der Waals surface area contributed by atoms with Gasteiger partial charge in [0.1, 0.15) is 11.5 Å². The molecule has 28 heavy (non-hydrogen) atoms. The number of benzene rings is 2. The Morgan fingerprint density at radius 1 is 1.04 bits per heavy atom. The molecule has 8 heteroatoms. The van der Waals surface area contributed by atoms with E-state index < -0.39 is 17.9 Å². The van der Waals surface area contributed by atoms with Gasteiger partial charge in [-0.05, 0) is 49.4 Å². The molecule has 2 aromatic rings. The second-order valence-electron chi connectivity index (χ2n) is 5.84. The fourth-order valence-corrected chi connectivity index (χ4v) is 2.54. The SMILES string of the molecule is CCC(=O)c1ccc(OCC(=O)NNC(=O)C(C)Oc2cccc(Br)c2)cc1. The van der Waals surface area contributed by atoms with E-state index >= 15 is 0 Å². The van der Waals surface area contributed by atoms with Crippen LogP contribution in [-0.2, 0) is 9.59 Å². The quantitative estimate of drug-likeness (QED) is 0.478. The van der Waals surface area contributed by atoms with Crippen LogP contribution in [0.25, 0.3) is 0 Å². The normalized spacial score (nSPS) is 11.2. The molecule has 0 saturated heterocycles. The number of amides is 2. The third-order valence-electron chi connectivity index (χ3n) is 3.67.